The minimum Gasteiger partial charge on any atom is -0.487 e. The van der Waals surface area contributed by atoms with E-state index in [9.17, 15) is 9.18 Å². The second kappa shape index (κ2) is 10.6. The van der Waals surface area contributed by atoms with Crippen molar-refractivity contribution in [3.05, 3.63) is 99.3 Å². The highest BCUT2D eigenvalue weighted by atomic mass is 127. The van der Waals surface area contributed by atoms with E-state index < -0.39 is 0 Å². The molecular formula is C24H17BrFI2N3O2. The van der Waals surface area contributed by atoms with Gasteiger partial charge in [-0.1, -0.05) is 35.0 Å². The van der Waals surface area contributed by atoms with E-state index in [1.807, 2.05) is 37.3 Å². The molecule has 4 aromatic rings. The summed E-state index contributed by atoms with van der Waals surface area (Å²) in [6.07, 6.45) is 2.22. The minimum absolute atomic E-state index is 0.214. The Labute approximate surface area is 225 Å². The predicted molar refractivity (Wildman–Crippen MR) is 149 cm³/mol. The highest BCUT2D eigenvalue weighted by molar-refractivity contribution is 14.1. The molecule has 0 saturated carbocycles. The van der Waals surface area contributed by atoms with Crippen LogP contribution in [0.2, 0.25) is 0 Å². The van der Waals surface area contributed by atoms with Gasteiger partial charge in [0, 0.05) is 10.9 Å². The fraction of sp³-hybridized carbons (Fsp3) is 0.125. The fourth-order valence-corrected chi connectivity index (χ4v) is 5.73. The number of hydrogen-bond donors (Lipinski definition) is 0. The Hall–Kier alpha value is -1.86. The van der Waals surface area contributed by atoms with Crippen LogP contribution in [0.3, 0.4) is 0 Å². The van der Waals surface area contributed by atoms with Crippen molar-refractivity contribution >= 4 is 78.2 Å². The number of ether oxygens (including phenoxy) is 1. The number of hydrogen-bond acceptors (Lipinski definition) is 4. The lowest BCUT2D eigenvalue weighted by molar-refractivity contribution is 0.301. The Balaban J connectivity index is 1.63. The maximum Gasteiger partial charge on any atom is 0.282 e. The van der Waals surface area contributed by atoms with Gasteiger partial charge in [-0.15, -0.1) is 0 Å². The number of aromatic nitrogens is 2. The van der Waals surface area contributed by atoms with Crippen LogP contribution in [0.4, 0.5) is 4.39 Å². The van der Waals surface area contributed by atoms with E-state index in [0.29, 0.717) is 23.1 Å². The molecule has 0 saturated heterocycles. The Morgan fingerprint density at radius 3 is 2.61 bits per heavy atom. The zero-order chi connectivity index (χ0) is 23.5. The Morgan fingerprint density at radius 2 is 1.91 bits per heavy atom. The molecule has 0 unspecified atom stereocenters. The van der Waals surface area contributed by atoms with Gasteiger partial charge in [-0.2, -0.15) is 9.78 Å². The molecule has 0 N–H and O–H groups in total. The molecule has 9 heteroatoms. The molecule has 33 heavy (non-hydrogen) atoms. The molecule has 0 aliphatic rings. The summed E-state index contributed by atoms with van der Waals surface area (Å²) in [4.78, 5) is 17.6. The van der Waals surface area contributed by atoms with Crippen LogP contribution in [-0.2, 0) is 13.0 Å². The molecule has 1 heterocycles. The van der Waals surface area contributed by atoms with E-state index in [4.69, 9.17) is 4.74 Å². The molecule has 0 aliphatic heterocycles. The number of aryl methyl sites for hydroxylation is 1. The third kappa shape index (κ3) is 5.62. The second-order valence-electron chi connectivity index (χ2n) is 7.14. The fourth-order valence-electron chi connectivity index (χ4n) is 3.24. The first-order valence-electron chi connectivity index (χ1n) is 9.97. The molecule has 3 aromatic carbocycles. The number of halogens is 4. The second-order valence-corrected chi connectivity index (χ2v) is 10.4. The van der Waals surface area contributed by atoms with Crippen molar-refractivity contribution in [2.75, 3.05) is 0 Å². The Morgan fingerprint density at radius 1 is 1.15 bits per heavy atom. The largest absolute Gasteiger partial charge is 0.487 e. The normalized spacial score (nSPS) is 11.4. The first kappa shape index (κ1) is 24.3. The zero-order valence-corrected chi connectivity index (χ0v) is 23.3. The van der Waals surface area contributed by atoms with Crippen molar-refractivity contribution in [1.82, 2.24) is 9.66 Å². The summed E-state index contributed by atoms with van der Waals surface area (Å²) in [5, 5.41) is 4.96. The molecule has 0 radical (unpaired) electrons. The van der Waals surface area contributed by atoms with Crippen molar-refractivity contribution < 1.29 is 9.13 Å². The zero-order valence-electron chi connectivity index (χ0n) is 17.4. The number of rotatable bonds is 6. The molecule has 1 aromatic heterocycles. The van der Waals surface area contributed by atoms with E-state index in [2.05, 4.69) is 71.2 Å². The van der Waals surface area contributed by atoms with Gasteiger partial charge < -0.3 is 4.74 Å². The predicted octanol–water partition coefficient (Wildman–Crippen LogP) is 6.53. The van der Waals surface area contributed by atoms with Crippen LogP contribution in [0.25, 0.3) is 10.9 Å². The van der Waals surface area contributed by atoms with Gasteiger partial charge in [0.15, 0.2) is 0 Å². The van der Waals surface area contributed by atoms with Gasteiger partial charge in [-0.3, -0.25) is 4.79 Å². The summed E-state index contributed by atoms with van der Waals surface area (Å²) in [5.41, 5.74) is 2.02. The van der Waals surface area contributed by atoms with Crippen molar-refractivity contribution in [3.63, 3.8) is 0 Å². The van der Waals surface area contributed by atoms with Crippen LogP contribution >= 0.6 is 61.1 Å². The number of benzene rings is 3. The maximum atomic E-state index is 13.4. The number of fused-ring (bicyclic) bond motifs is 1. The third-order valence-corrected chi connectivity index (χ3v) is 6.90. The van der Waals surface area contributed by atoms with Crippen molar-refractivity contribution in [3.8, 4) is 5.75 Å². The van der Waals surface area contributed by atoms with Gasteiger partial charge in [-0.25, -0.2) is 9.37 Å². The van der Waals surface area contributed by atoms with Crippen LogP contribution < -0.4 is 10.3 Å². The van der Waals surface area contributed by atoms with Crippen LogP contribution in [-0.4, -0.2) is 15.9 Å². The first-order valence-corrected chi connectivity index (χ1v) is 12.9. The highest BCUT2D eigenvalue weighted by Crippen LogP contribution is 2.29. The van der Waals surface area contributed by atoms with E-state index in [0.717, 1.165) is 28.5 Å². The van der Waals surface area contributed by atoms with Crippen LogP contribution in [0.5, 0.6) is 5.75 Å². The average Bonchev–Trinajstić information content (AvgIpc) is 2.78. The lowest BCUT2D eigenvalue weighted by Gasteiger charge is -2.12. The SMILES string of the molecule is CCc1nc2ccc(Br)cc2c(=O)n1N=Cc1cc(I)c(OCc2cccc(F)c2)c(I)c1. The van der Waals surface area contributed by atoms with Gasteiger partial charge in [0.05, 0.1) is 24.3 Å². The van der Waals surface area contributed by atoms with E-state index in [1.54, 1.807) is 18.3 Å². The lowest BCUT2D eigenvalue weighted by atomic mass is 10.2. The monoisotopic (exact) mass is 731 g/mol. The molecule has 0 atom stereocenters. The summed E-state index contributed by atoms with van der Waals surface area (Å²) in [7, 11) is 0. The van der Waals surface area contributed by atoms with Gasteiger partial charge >= 0.3 is 0 Å². The molecular weight excluding hydrogens is 715 g/mol. The summed E-state index contributed by atoms with van der Waals surface area (Å²) in [6, 6.07) is 15.6. The molecule has 0 spiro atoms. The van der Waals surface area contributed by atoms with E-state index >= 15 is 0 Å². The lowest BCUT2D eigenvalue weighted by Crippen LogP contribution is -2.22. The summed E-state index contributed by atoms with van der Waals surface area (Å²) in [5.74, 6) is 1.02. The van der Waals surface area contributed by atoms with Gasteiger partial charge in [0.1, 0.15) is 24.0 Å². The quantitative estimate of drug-likeness (QED) is 0.168. The molecule has 168 valence electrons. The molecule has 5 nitrogen and oxygen atoms in total. The van der Waals surface area contributed by atoms with Crippen LogP contribution in [0.1, 0.15) is 23.9 Å². The standard InChI is InChI=1S/C24H17BrFI2N3O2/c1-2-22-30-21-7-6-16(25)11-18(21)24(32)31(22)29-12-15-9-19(27)23(20(28)10-15)33-13-14-4-3-5-17(26)8-14/h3-12H,2,13H2,1H3. The van der Waals surface area contributed by atoms with E-state index in [-0.39, 0.29) is 18.0 Å². The average molecular weight is 732 g/mol. The Bertz CT molecular complexity index is 1420. The van der Waals surface area contributed by atoms with Crippen LogP contribution in [0, 0.1) is 13.0 Å². The van der Waals surface area contributed by atoms with Gasteiger partial charge in [0.25, 0.3) is 5.56 Å². The maximum absolute atomic E-state index is 13.4. The summed E-state index contributed by atoms with van der Waals surface area (Å²) >= 11 is 7.81. The van der Waals surface area contributed by atoms with Crippen molar-refractivity contribution in [2.24, 2.45) is 5.10 Å². The molecule has 0 aliphatic carbocycles. The Kier molecular flexibility index (Phi) is 7.80. The van der Waals surface area contributed by atoms with Gasteiger partial charge in [0.2, 0.25) is 0 Å². The first-order chi connectivity index (χ1) is 15.9. The van der Waals surface area contributed by atoms with Crippen molar-refractivity contribution in [1.29, 1.82) is 0 Å². The topological polar surface area (TPSA) is 56.5 Å². The van der Waals surface area contributed by atoms with Crippen LogP contribution in [0.15, 0.2) is 69.0 Å². The summed E-state index contributed by atoms with van der Waals surface area (Å²) in [6.45, 7) is 2.21. The highest BCUT2D eigenvalue weighted by Gasteiger charge is 2.11. The molecule has 4 rings (SSSR count). The molecule has 0 amide bonds. The summed E-state index contributed by atoms with van der Waals surface area (Å²) < 4.78 is 23.3. The van der Waals surface area contributed by atoms with Gasteiger partial charge in [-0.05, 0) is 98.8 Å². The molecule has 0 bridgehead atoms. The smallest absolute Gasteiger partial charge is 0.282 e. The number of nitrogens with zero attached hydrogens (tertiary/aromatic N) is 3. The van der Waals surface area contributed by atoms with Crippen molar-refractivity contribution in [2.45, 2.75) is 20.0 Å². The minimum atomic E-state index is -0.288. The molecule has 0 fully saturated rings. The third-order valence-electron chi connectivity index (χ3n) is 4.81. The van der Waals surface area contributed by atoms with E-state index in [1.165, 1.54) is 16.8 Å².